The van der Waals surface area contributed by atoms with Gasteiger partial charge in [0, 0.05) is 38.0 Å². The first kappa shape index (κ1) is 34.7. The molecule has 1 aliphatic carbocycles. The highest BCUT2D eigenvalue weighted by molar-refractivity contribution is 8.03. The fourth-order valence-corrected chi connectivity index (χ4v) is 8.64. The minimum absolute atomic E-state index is 0.0862. The molecule has 1 atom stereocenters. The zero-order valence-corrected chi connectivity index (χ0v) is 30.8. The van der Waals surface area contributed by atoms with Crippen LogP contribution < -0.4 is 10.1 Å². The molecule has 0 fully saturated rings. The van der Waals surface area contributed by atoms with E-state index in [0.29, 0.717) is 12.5 Å². The molecule has 0 spiro atoms. The molecule has 258 valence electrons. The van der Waals surface area contributed by atoms with E-state index in [1.54, 1.807) is 0 Å². The Labute approximate surface area is 306 Å². The van der Waals surface area contributed by atoms with E-state index in [0.717, 1.165) is 54.5 Å². The largest absolute Gasteiger partial charge is 0.494 e. The minimum atomic E-state index is 0.0862. The minimum Gasteiger partial charge on any atom is -0.494 e. The molecule has 0 aliphatic heterocycles. The van der Waals surface area contributed by atoms with Gasteiger partial charge in [-0.15, -0.1) is 0 Å². The molecule has 51 heavy (non-hydrogen) atoms. The third-order valence-corrected chi connectivity index (χ3v) is 11.4. The number of thioether (sulfide) groups is 1. The van der Waals surface area contributed by atoms with Gasteiger partial charge < -0.3 is 14.4 Å². The van der Waals surface area contributed by atoms with Crippen molar-refractivity contribution in [3.8, 4) is 5.75 Å². The van der Waals surface area contributed by atoms with Crippen LogP contribution in [0, 0.1) is 12.8 Å². The summed E-state index contributed by atoms with van der Waals surface area (Å²) in [5.74, 6) is 1.30. The van der Waals surface area contributed by atoms with Gasteiger partial charge in [0.15, 0.2) is 0 Å². The Balaban J connectivity index is 1.33. The summed E-state index contributed by atoms with van der Waals surface area (Å²) in [4.78, 5) is 2.49. The predicted octanol–water partition coefficient (Wildman–Crippen LogP) is 11.6. The van der Waals surface area contributed by atoms with Crippen molar-refractivity contribution in [2.24, 2.45) is 5.92 Å². The lowest BCUT2D eigenvalue weighted by atomic mass is 9.85. The van der Waals surface area contributed by atoms with Crippen LogP contribution >= 0.6 is 11.8 Å². The normalized spacial score (nSPS) is 16.4. The molecule has 1 aliphatic rings. The van der Waals surface area contributed by atoms with Crippen LogP contribution in [-0.2, 0) is 6.54 Å². The van der Waals surface area contributed by atoms with Gasteiger partial charge in [0.1, 0.15) is 5.75 Å². The number of ether oxygens (including phenoxy) is 1. The Bertz CT molecular complexity index is 2340. The topological polar surface area (TPSA) is 34.4 Å². The maximum atomic E-state index is 10.1. The van der Waals surface area contributed by atoms with Gasteiger partial charge in [-0.05, 0) is 113 Å². The summed E-state index contributed by atoms with van der Waals surface area (Å²) in [6, 6.07) is 34.5. The summed E-state index contributed by atoms with van der Waals surface area (Å²) in [7, 11) is 0. The molecule has 1 aromatic heterocycles. The standard InChI is InChI=1S/C47H47NO2S/c1-5-6-31-50-38-23-25-39(26-24-38)51-47-37(21-19-32(2)40-16-8-13-35-12-7-11-34(4)45(35)40)22-20-33(3)41(47)27-28-43-42-17-9-14-36-15-10-18-44(46(36)42)48(43)29-30-49/h7-19,21,23-28,33,49H,2,5-6,20,22,29-31H2,1,3-4H3/b21-19+,41-27+,43-28+. The number of hydrogen-bond acceptors (Lipinski definition) is 3. The van der Waals surface area contributed by atoms with Crippen LogP contribution in [-0.4, -0.2) is 22.9 Å². The van der Waals surface area contributed by atoms with E-state index in [1.165, 1.54) is 59.0 Å². The molecule has 5 aromatic carbocycles. The molecule has 6 aromatic rings. The van der Waals surface area contributed by atoms with Gasteiger partial charge in [-0.3, -0.25) is 0 Å². The van der Waals surface area contributed by atoms with E-state index in [1.807, 2.05) is 11.8 Å². The zero-order chi connectivity index (χ0) is 35.3. The molecule has 0 amide bonds. The van der Waals surface area contributed by atoms with Crippen LogP contribution in [0.1, 0.15) is 50.7 Å². The Morgan fingerprint density at radius 3 is 2.41 bits per heavy atom. The number of aliphatic hydroxyl groups is 1. The van der Waals surface area contributed by atoms with Crippen molar-refractivity contribution in [2.75, 3.05) is 13.2 Å². The van der Waals surface area contributed by atoms with E-state index >= 15 is 0 Å². The molecule has 0 radical (unpaired) electrons. The van der Waals surface area contributed by atoms with Crippen molar-refractivity contribution in [2.45, 2.75) is 57.9 Å². The lowest BCUT2D eigenvalue weighted by Gasteiger charge is -2.27. The maximum Gasteiger partial charge on any atom is 0.119 e. The Morgan fingerprint density at radius 1 is 0.922 bits per heavy atom. The predicted molar refractivity (Wildman–Crippen MR) is 219 cm³/mol. The lowest BCUT2D eigenvalue weighted by molar-refractivity contribution is 0.277. The quantitative estimate of drug-likeness (QED) is 0.103. The first-order chi connectivity index (χ1) is 25.0. The second kappa shape index (κ2) is 15.6. The zero-order valence-electron chi connectivity index (χ0n) is 30.0. The van der Waals surface area contributed by atoms with E-state index in [4.69, 9.17) is 4.74 Å². The van der Waals surface area contributed by atoms with E-state index in [2.05, 4.69) is 153 Å². The van der Waals surface area contributed by atoms with Gasteiger partial charge >= 0.3 is 0 Å². The maximum absolute atomic E-state index is 10.1. The molecular weight excluding hydrogens is 643 g/mol. The number of nitrogens with zero attached hydrogens (tertiary/aromatic N) is 1. The highest BCUT2D eigenvalue weighted by atomic mass is 32.2. The van der Waals surface area contributed by atoms with Crippen molar-refractivity contribution in [1.29, 1.82) is 0 Å². The summed E-state index contributed by atoms with van der Waals surface area (Å²) in [6.45, 7) is 12.6. The lowest BCUT2D eigenvalue weighted by Crippen LogP contribution is -2.18. The van der Waals surface area contributed by atoms with Crippen molar-refractivity contribution < 1.29 is 9.84 Å². The van der Waals surface area contributed by atoms with Gasteiger partial charge in [-0.25, -0.2) is 0 Å². The molecule has 1 unspecified atom stereocenters. The summed E-state index contributed by atoms with van der Waals surface area (Å²) in [5, 5.41) is 17.4. The molecule has 0 bridgehead atoms. The van der Waals surface area contributed by atoms with Crippen LogP contribution in [0.4, 0.5) is 0 Å². The van der Waals surface area contributed by atoms with Gasteiger partial charge in [0.05, 0.1) is 13.2 Å². The van der Waals surface area contributed by atoms with Gasteiger partial charge in [-0.1, -0.05) is 124 Å². The van der Waals surface area contributed by atoms with Crippen LogP contribution in [0.3, 0.4) is 0 Å². The summed E-state index contributed by atoms with van der Waals surface area (Å²) >= 11 is 1.84. The average Bonchev–Trinajstić information content (AvgIpc) is 3.45. The SMILES string of the molecule is C=C(/C=C/C1=C(Sc2ccc(OCCCC)cc2)C(=C/C=c2\c3cccc4cccc(c43)n2CCO)/C(C)CC1)c1cccc2cccc(C)c12. The molecule has 1 heterocycles. The van der Waals surface area contributed by atoms with Crippen molar-refractivity contribution in [3.05, 3.63) is 154 Å². The number of hydrogen-bond donors (Lipinski definition) is 1. The first-order valence-corrected chi connectivity index (χ1v) is 19.1. The smallest absolute Gasteiger partial charge is 0.119 e. The molecule has 1 N–H and O–H groups in total. The van der Waals surface area contributed by atoms with Gasteiger partial charge in [0.2, 0.25) is 0 Å². The summed E-state index contributed by atoms with van der Waals surface area (Å²) < 4.78 is 8.26. The summed E-state index contributed by atoms with van der Waals surface area (Å²) in [5.41, 5.74) is 7.28. The Morgan fingerprint density at radius 2 is 1.65 bits per heavy atom. The molecule has 0 saturated heterocycles. The van der Waals surface area contributed by atoms with Gasteiger partial charge in [-0.2, -0.15) is 0 Å². The number of aryl methyl sites for hydroxylation is 1. The van der Waals surface area contributed by atoms with Crippen molar-refractivity contribution in [3.63, 3.8) is 0 Å². The number of rotatable bonds is 12. The average molecular weight is 690 g/mol. The highest BCUT2D eigenvalue weighted by Crippen LogP contribution is 2.44. The number of unbranched alkanes of at least 4 members (excludes halogenated alkanes) is 1. The fraction of sp³-hybridized carbons (Fsp3) is 0.234. The Hall–Kier alpha value is -4.77. The van der Waals surface area contributed by atoms with Crippen LogP contribution in [0.15, 0.2) is 143 Å². The number of aromatic nitrogens is 1. The first-order valence-electron chi connectivity index (χ1n) is 18.3. The third kappa shape index (κ3) is 7.22. The van der Waals surface area contributed by atoms with Crippen LogP contribution in [0.5, 0.6) is 5.75 Å². The fourth-order valence-electron chi connectivity index (χ4n) is 7.44. The number of aliphatic hydroxyl groups excluding tert-OH is 1. The second-order valence-corrected chi connectivity index (χ2v) is 14.7. The molecule has 0 saturated carbocycles. The van der Waals surface area contributed by atoms with Gasteiger partial charge in [0.25, 0.3) is 0 Å². The molecule has 7 rings (SSSR count). The van der Waals surface area contributed by atoms with E-state index in [-0.39, 0.29) is 6.61 Å². The number of fused-ring (bicyclic) bond motifs is 1. The van der Waals surface area contributed by atoms with Crippen LogP contribution in [0.2, 0.25) is 0 Å². The highest BCUT2D eigenvalue weighted by Gasteiger charge is 2.23. The number of allylic oxidation sites excluding steroid dienone is 6. The van der Waals surface area contributed by atoms with E-state index in [9.17, 15) is 5.11 Å². The van der Waals surface area contributed by atoms with Crippen molar-refractivity contribution in [1.82, 2.24) is 4.57 Å². The number of benzene rings is 5. The van der Waals surface area contributed by atoms with Crippen molar-refractivity contribution >= 4 is 55.9 Å². The molecule has 4 heteroatoms. The molecular formula is C47H47NO2S. The second-order valence-electron chi connectivity index (χ2n) is 13.6. The third-order valence-electron chi connectivity index (χ3n) is 10.2. The van der Waals surface area contributed by atoms with Crippen LogP contribution in [0.25, 0.3) is 44.1 Å². The monoisotopic (exact) mass is 689 g/mol. The Kier molecular flexibility index (Phi) is 10.6. The van der Waals surface area contributed by atoms with E-state index < -0.39 is 0 Å². The molecule has 3 nitrogen and oxygen atoms in total. The summed E-state index contributed by atoms with van der Waals surface area (Å²) in [6.07, 6.45) is 13.4.